The van der Waals surface area contributed by atoms with Gasteiger partial charge in [0.1, 0.15) is 11.9 Å². The number of nitrogens with one attached hydrogen (secondary N) is 1. The normalized spacial score (nSPS) is 21.9. The van der Waals surface area contributed by atoms with Crippen LogP contribution in [0.5, 0.6) is 5.75 Å². The molecule has 0 spiro atoms. The Hall–Kier alpha value is -1.06. The van der Waals surface area contributed by atoms with Crippen molar-refractivity contribution < 1.29 is 4.74 Å². The van der Waals surface area contributed by atoms with Crippen LogP contribution in [0.4, 0.5) is 0 Å². The van der Waals surface area contributed by atoms with Gasteiger partial charge < -0.3 is 10.1 Å². The van der Waals surface area contributed by atoms with Gasteiger partial charge in [0, 0.05) is 5.56 Å². The van der Waals surface area contributed by atoms with Gasteiger partial charge in [-0.05, 0) is 46.2 Å². The minimum Gasteiger partial charge on any atom is -0.487 e. The van der Waals surface area contributed by atoms with E-state index in [1.807, 2.05) is 7.05 Å². The van der Waals surface area contributed by atoms with Crippen LogP contribution in [-0.2, 0) is 0 Å². The number of likely N-dealkylation sites (N-methyl/N-ethyl adjacent to an activating group) is 1. The van der Waals surface area contributed by atoms with Crippen LogP contribution in [0.2, 0.25) is 0 Å². The van der Waals surface area contributed by atoms with E-state index in [4.69, 9.17) is 4.74 Å². The molecule has 1 aliphatic rings. The highest BCUT2D eigenvalue weighted by molar-refractivity contribution is 9.10. The molecule has 0 saturated heterocycles. The molecular weight excluding hydrogens is 290 g/mol. The molecule has 1 aliphatic heterocycles. The molecule has 2 nitrogen and oxygen atoms in total. The summed E-state index contributed by atoms with van der Waals surface area (Å²) in [5, 5.41) is 5.83. The summed E-state index contributed by atoms with van der Waals surface area (Å²) in [6.45, 7) is 2.16. The van der Waals surface area contributed by atoms with Crippen molar-refractivity contribution in [2.24, 2.45) is 0 Å². The van der Waals surface area contributed by atoms with E-state index in [-0.39, 0.29) is 12.1 Å². The Morgan fingerprint density at radius 1 is 1.33 bits per heavy atom. The Labute approximate surface area is 115 Å². The average molecular weight is 306 g/mol. The van der Waals surface area contributed by atoms with Crippen LogP contribution in [0.15, 0.2) is 34.8 Å². The SMILES string of the molecule is CCC1Oc2c(cc3ccccc3c2Br)C1NC. The van der Waals surface area contributed by atoms with Crippen molar-refractivity contribution in [3.05, 3.63) is 40.4 Å². The Morgan fingerprint density at radius 2 is 2.11 bits per heavy atom. The van der Waals surface area contributed by atoms with Crippen molar-refractivity contribution in [2.45, 2.75) is 25.5 Å². The summed E-state index contributed by atoms with van der Waals surface area (Å²) in [7, 11) is 1.99. The summed E-state index contributed by atoms with van der Waals surface area (Å²) in [5.41, 5.74) is 1.26. The molecule has 0 radical (unpaired) electrons. The lowest BCUT2D eigenvalue weighted by Gasteiger charge is -2.16. The van der Waals surface area contributed by atoms with Gasteiger partial charge in [0.15, 0.2) is 0 Å². The summed E-state index contributed by atoms with van der Waals surface area (Å²) in [6.07, 6.45) is 1.22. The molecule has 0 bridgehead atoms. The largest absolute Gasteiger partial charge is 0.487 e. The molecule has 2 aromatic carbocycles. The maximum absolute atomic E-state index is 6.09. The van der Waals surface area contributed by atoms with Gasteiger partial charge in [0.25, 0.3) is 0 Å². The Kier molecular flexibility index (Phi) is 3.04. The number of ether oxygens (including phenoxy) is 1. The van der Waals surface area contributed by atoms with Crippen LogP contribution in [-0.4, -0.2) is 13.2 Å². The van der Waals surface area contributed by atoms with Gasteiger partial charge in [0.2, 0.25) is 0 Å². The quantitative estimate of drug-likeness (QED) is 0.904. The molecule has 0 amide bonds. The topological polar surface area (TPSA) is 21.3 Å². The molecule has 18 heavy (non-hydrogen) atoms. The number of halogens is 1. The molecule has 1 N–H and O–H groups in total. The summed E-state index contributed by atoms with van der Waals surface area (Å²) in [4.78, 5) is 0. The second-order valence-corrected chi connectivity index (χ2v) is 5.45. The van der Waals surface area contributed by atoms with E-state index in [2.05, 4.69) is 58.5 Å². The Balaban J connectivity index is 2.24. The summed E-state index contributed by atoms with van der Waals surface area (Å²) in [5.74, 6) is 1.000. The molecule has 0 aliphatic carbocycles. The molecular formula is C15H16BrNO. The molecule has 2 atom stereocenters. The van der Waals surface area contributed by atoms with Crippen LogP contribution >= 0.6 is 15.9 Å². The zero-order valence-electron chi connectivity index (χ0n) is 10.5. The molecule has 0 saturated carbocycles. The number of hydrogen-bond donors (Lipinski definition) is 1. The molecule has 3 rings (SSSR count). The van der Waals surface area contributed by atoms with Gasteiger partial charge in [-0.25, -0.2) is 0 Å². The highest BCUT2D eigenvalue weighted by atomic mass is 79.9. The minimum absolute atomic E-state index is 0.220. The number of hydrogen-bond acceptors (Lipinski definition) is 2. The highest BCUT2D eigenvalue weighted by Gasteiger charge is 2.34. The van der Waals surface area contributed by atoms with E-state index in [0.717, 1.165) is 16.6 Å². The summed E-state index contributed by atoms with van der Waals surface area (Å²) in [6, 6.07) is 10.9. The summed E-state index contributed by atoms with van der Waals surface area (Å²) < 4.78 is 7.16. The van der Waals surface area contributed by atoms with Crippen molar-refractivity contribution in [1.82, 2.24) is 5.32 Å². The molecule has 2 aromatic rings. The molecule has 0 aromatic heterocycles. The van der Waals surface area contributed by atoms with Crippen molar-refractivity contribution in [1.29, 1.82) is 0 Å². The lowest BCUT2D eigenvalue weighted by molar-refractivity contribution is 0.188. The fourth-order valence-corrected chi connectivity index (χ4v) is 3.42. The molecule has 0 fully saturated rings. The fraction of sp³-hybridized carbons (Fsp3) is 0.333. The van der Waals surface area contributed by atoms with Gasteiger partial charge in [-0.2, -0.15) is 0 Å². The third-order valence-corrected chi connectivity index (χ3v) is 4.45. The monoisotopic (exact) mass is 305 g/mol. The van der Waals surface area contributed by atoms with Crippen molar-refractivity contribution >= 4 is 26.7 Å². The zero-order chi connectivity index (χ0) is 12.7. The van der Waals surface area contributed by atoms with Crippen LogP contribution < -0.4 is 10.1 Å². The first-order valence-electron chi connectivity index (χ1n) is 6.31. The van der Waals surface area contributed by atoms with Gasteiger partial charge in [-0.15, -0.1) is 0 Å². The standard InChI is InChI=1S/C15H16BrNO/c1-3-12-14(17-2)11-8-9-6-4-5-7-10(9)13(16)15(11)18-12/h4-8,12,14,17H,3H2,1-2H3. The first-order valence-corrected chi connectivity index (χ1v) is 7.10. The fourth-order valence-electron chi connectivity index (χ4n) is 2.74. The smallest absolute Gasteiger partial charge is 0.139 e. The van der Waals surface area contributed by atoms with E-state index >= 15 is 0 Å². The highest BCUT2D eigenvalue weighted by Crippen LogP contribution is 2.46. The van der Waals surface area contributed by atoms with E-state index in [9.17, 15) is 0 Å². The molecule has 1 heterocycles. The third kappa shape index (κ3) is 1.65. The lowest BCUT2D eigenvalue weighted by atomic mass is 9.99. The van der Waals surface area contributed by atoms with Crippen molar-refractivity contribution in [2.75, 3.05) is 7.05 Å². The number of rotatable bonds is 2. The van der Waals surface area contributed by atoms with Crippen LogP contribution in [0.3, 0.4) is 0 Å². The molecule has 2 unspecified atom stereocenters. The molecule has 3 heteroatoms. The first kappa shape index (κ1) is 12.0. The average Bonchev–Trinajstić information content (AvgIpc) is 2.77. The zero-order valence-corrected chi connectivity index (χ0v) is 12.1. The summed E-state index contributed by atoms with van der Waals surface area (Å²) >= 11 is 3.69. The van der Waals surface area contributed by atoms with E-state index in [1.165, 1.54) is 16.3 Å². The van der Waals surface area contributed by atoms with E-state index < -0.39 is 0 Å². The van der Waals surface area contributed by atoms with Gasteiger partial charge in [0.05, 0.1) is 10.5 Å². The number of fused-ring (bicyclic) bond motifs is 2. The maximum atomic E-state index is 6.09. The second-order valence-electron chi connectivity index (χ2n) is 4.66. The van der Waals surface area contributed by atoms with Gasteiger partial charge >= 0.3 is 0 Å². The van der Waals surface area contributed by atoms with Crippen LogP contribution in [0.25, 0.3) is 10.8 Å². The number of benzene rings is 2. The maximum Gasteiger partial charge on any atom is 0.139 e. The minimum atomic E-state index is 0.220. The molecule has 94 valence electrons. The van der Waals surface area contributed by atoms with E-state index in [1.54, 1.807) is 0 Å². The van der Waals surface area contributed by atoms with Gasteiger partial charge in [-0.3, -0.25) is 0 Å². The van der Waals surface area contributed by atoms with Gasteiger partial charge in [-0.1, -0.05) is 31.2 Å². The van der Waals surface area contributed by atoms with Crippen molar-refractivity contribution in [3.63, 3.8) is 0 Å². The predicted octanol–water partition coefficient (Wildman–Crippen LogP) is 4.03. The first-order chi connectivity index (χ1) is 8.76. The predicted molar refractivity (Wildman–Crippen MR) is 78.2 cm³/mol. The van der Waals surface area contributed by atoms with Crippen molar-refractivity contribution in [3.8, 4) is 5.75 Å². The van der Waals surface area contributed by atoms with E-state index in [0.29, 0.717) is 0 Å². The Morgan fingerprint density at radius 3 is 2.83 bits per heavy atom. The third-order valence-electron chi connectivity index (χ3n) is 3.66. The second kappa shape index (κ2) is 4.56. The van der Waals surface area contributed by atoms with Crippen LogP contribution in [0, 0.1) is 0 Å². The van der Waals surface area contributed by atoms with Crippen LogP contribution in [0.1, 0.15) is 24.9 Å². The lowest BCUT2D eigenvalue weighted by Crippen LogP contribution is -2.27. The Bertz CT molecular complexity index is 596.